The van der Waals surface area contributed by atoms with E-state index in [1.165, 1.54) is 6.08 Å². The zero-order chi connectivity index (χ0) is 7.90. The molecule has 0 aromatic heterocycles. The number of rotatable bonds is 1. The Hall–Kier alpha value is -0.930. The minimum Gasteiger partial charge on any atom is -0.392 e. The molecule has 1 heterocycles. The van der Waals surface area contributed by atoms with Crippen LogP contribution in [0.2, 0.25) is 0 Å². The third-order valence-electron chi connectivity index (χ3n) is 1.94. The van der Waals surface area contributed by atoms with Gasteiger partial charge in [-0.05, 0) is 17.7 Å². The zero-order valence-electron chi connectivity index (χ0n) is 5.91. The summed E-state index contributed by atoms with van der Waals surface area (Å²) in [6.45, 7) is 0.399. The average Bonchev–Trinajstić information content (AvgIpc) is 2.77. The van der Waals surface area contributed by atoms with Gasteiger partial charge in [0.1, 0.15) is 0 Å². The number of ether oxygens (including phenoxy) is 1. The maximum absolute atomic E-state index is 11.2. The molecule has 1 saturated heterocycles. The lowest BCUT2D eigenvalue weighted by molar-refractivity contribution is -0.118. The summed E-state index contributed by atoms with van der Waals surface area (Å²) in [5.74, 6) is -0.0518. The van der Waals surface area contributed by atoms with Crippen LogP contribution >= 0.6 is 0 Å². The predicted octanol–water partition coefficient (Wildman–Crippen LogP) is -0.187. The molecule has 1 unspecified atom stereocenters. The molecule has 2 aliphatic rings. The molecule has 0 amide bonds. The molecule has 0 radical (unpaired) electrons. The van der Waals surface area contributed by atoms with Gasteiger partial charge in [0.2, 0.25) is 0 Å². The van der Waals surface area contributed by atoms with Gasteiger partial charge in [-0.25, -0.2) is 0 Å². The summed E-state index contributed by atoms with van der Waals surface area (Å²) in [6.07, 6.45) is 4.88. The molecule has 1 aliphatic heterocycles. The summed E-state index contributed by atoms with van der Waals surface area (Å²) in [7, 11) is 0. The number of hydrogen-bond acceptors (Lipinski definition) is 3. The summed E-state index contributed by atoms with van der Waals surface area (Å²) >= 11 is 0. The number of aliphatic hydroxyl groups is 1. The molecule has 1 atom stereocenters. The van der Waals surface area contributed by atoms with Gasteiger partial charge in [-0.1, -0.05) is 6.08 Å². The van der Waals surface area contributed by atoms with Crippen molar-refractivity contribution in [2.75, 3.05) is 13.2 Å². The zero-order valence-corrected chi connectivity index (χ0v) is 5.91. The van der Waals surface area contributed by atoms with Gasteiger partial charge in [0.05, 0.1) is 13.2 Å². The second-order valence-electron chi connectivity index (χ2n) is 2.75. The summed E-state index contributed by atoms with van der Waals surface area (Å²) < 4.78 is 4.98. The number of epoxide rings is 1. The highest BCUT2D eigenvalue weighted by atomic mass is 16.6. The van der Waals surface area contributed by atoms with E-state index in [9.17, 15) is 4.79 Å². The van der Waals surface area contributed by atoms with Crippen LogP contribution < -0.4 is 0 Å². The second kappa shape index (κ2) is 2.03. The highest BCUT2D eigenvalue weighted by Crippen LogP contribution is 2.33. The lowest BCUT2D eigenvalue weighted by Gasteiger charge is -2.08. The molecule has 0 aromatic carbocycles. The molecule has 0 saturated carbocycles. The fourth-order valence-electron chi connectivity index (χ4n) is 1.08. The van der Waals surface area contributed by atoms with E-state index in [1.54, 1.807) is 12.2 Å². The van der Waals surface area contributed by atoms with Gasteiger partial charge < -0.3 is 9.84 Å². The number of hydrogen-bond donors (Lipinski definition) is 1. The molecule has 1 N–H and O–H groups in total. The van der Waals surface area contributed by atoms with Crippen molar-refractivity contribution in [3.63, 3.8) is 0 Å². The van der Waals surface area contributed by atoms with Crippen LogP contribution in [0.4, 0.5) is 0 Å². The van der Waals surface area contributed by atoms with E-state index < -0.39 is 5.60 Å². The van der Waals surface area contributed by atoms with Crippen LogP contribution in [-0.2, 0) is 9.53 Å². The summed E-state index contributed by atoms with van der Waals surface area (Å²) in [4.78, 5) is 11.2. The van der Waals surface area contributed by atoms with E-state index >= 15 is 0 Å². The Morgan fingerprint density at radius 3 is 2.91 bits per heavy atom. The smallest absolute Gasteiger partial charge is 0.194 e. The van der Waals surface area contributed by atoms with E-state index in [4.69, 9.17) is 9.84 Å². The highest BCUT2D eigenvalue weighted by molar-refractivity contribution is 6.02. The third kappa shape index (κ3) is 0.931. The van der Waals surface area contributed by atoms with Gasteiger partial charge in [-0.15, -0.1) is 0 Å². The Morgan fingerprint density at radius 1 is 1.73 bits per heavy atom. The van der Waals surface area contributed by atoms with Crippen molar-refractivity contribution in [1.82, 2.24) is 0 Å². The fraction of sp³-hybridized carbons (Fsp3) is 0.375. The summed E-state index contributed by atoms with van der Waals surface area (Å²) in [5, 5.41) is 8.69. The van der Waals surface area contributed by atoms with Crippen LogP contribution in [0.25, 0.3) is 0 Å². The van der Waals surface area contributed by atoms with Crippen molar-refractivity contribution in [3.8, 4) is 0 Å². The van der Waals surface area contributed by atoms with E-state index in [0.29, 0.717) is 12.2 Å². The Labute approximate surface area is 64.0 Å². The van der Waals surface area contributed by atoms with Crippen LogP contribution in [0.15, 0.2) is 23.8 Å². The highest BCUT2D eigenvalue weighted by Gasteiger charge is 2.49. The first-order chi connectivity index (χ1) is 5.27. The predicted molar refractivity (Wildman–Crippen MR) is 38.0 cm³/mol. The average molecular weight is 152 g/mol. The third-order valence-corrected chi connectivity index (χ3v) is 1.94. The Bertz CT molecular complexity index is 259. The normalized spacial score (nSPS) is 34.3. The molecule has 1 spiro atoms. The minimum absolute atomic E-state index is 0.0518. The van der Waals surface area contributed by atoms with Crippen molar-refractivity contribution in [3.05, 3.63) is 23.8 Å². The molecule has 3 nitrogen and oxygen atoms in total. The fourth-order valence-corrected chi connectivity index (χ4v) is 1.08. The van der Waals surface area contributed by atoms with E-state index in [0.717, 1.165) is 0 Å². The molecule has 1 aliphatic carbocycles. The van der Waals surface area contributed by atoms with Gasteiger partial charge in [-0.2, -0.15) is 0 Å². The SMILES string of the molecule is O=C1C=C(CO)C=CC12CO2. The van der Waals surface area contributed by atoms with Gasteiger partial charge in [0, 0.05) is 0 Å². The molecule has 2 rings (SSSR count). The minimum atomic E-state index is -0.640. The molecule has 1 fully saturated rings. The maximum atomic E-state index is 11.2. The quantitative estimate of drug-likeness (QED) is 0.530. The monoisotopic (exact) mass is 152 g/mol. The molecule has 3 heteroatoms. The van der Waals surface area contributed by atoms with Gasteiger partial charge in [-0.3, -0.25) is 4.79 Å². The van der Waals surface area contributed by atoms with E-state index in [1.807, 2.05) is 0 Å². The van der Waals surface area contributed by atoms with E-state index in [-0.39, 0.29) is 12.4 Å². The Morgan fingerprint density at radius 2 is 2.45 bits per heavy atom. The lowest BCUT2D eigenvalue weighted by atomic mass is 9.96. The van der Waals surface area contributed by atoms with E-state index in [2.05, 4.69) is 0 Å². The largest absolute Gasteiger partial charge is 0.392 e. The molecule has 11 heavy (non-hydrogen) atoms. The molecule has 0 bridgehead atoms. The second-order valence-corrected chi connectivity index (χ2v) is 2.75. The summed E-state index contributed by atoms with van der Waals surface area (Å²) in [6, 6.07) is 0. The molecule has 0 aromatic rings. The van der Waals surface area contributed by atoms with Crippen LogP contribution in [0.5, 0.6) is 0 Å². The number of carbonyl (C=O) groups is 1. The van der Waals surface area contributed by atoms with Crippen LogP contribution in [0, 0.1) is 0 Å². The van der Waals surface area contributed by atoms with Gasteiger partial charge >= 0.3 is 0 Å². The summed E-state index contributed by atoms with van der Waals surface area (Å²) in [5.41, 5.74) is 0.00898. The maximum Gasteiger partial charge on any atom is 0.194 e. The number of ketones is 1. The molecular weight excluding hydrogens is 144 g/mol. The number of carbonyl (C=O) groups excluding carboxylic acids is 1. The lowest BCUT2D eigenvalue weighted by Crippen LogP contribution is -2.23. The standard InChI is InChI=1S/C8H8O3/c9-4-6-1-2-8(5-11-8)7(10)3-6/h1-3,9H,4-5H2. The van der Waals surface area contributed by atoms with Gasteiger partial charge in [0.25, 0.3) is 0 Å². The van der Waals surface area contributed by atoms with Crippen molar-refractivity contribution in [2.24, 2.45) is 0 Å². The van der Waals surface area contributed by atoms with Crippen molar-refractivity contribution < 1.29 is 14.6 Å². The number of aliphatic hydroxyl groups excluding tert-OH is 1. The van der Waals surface area contributed by atoms with Crippen LogP contribution in [0.3, 0.4) is 0 Å². The van der Waals surface area contributed by atoms with Crippen molar-refractivity contribution in [2.45, 2.75) is 5.60 Å². The topological polar surface area (TPSA) is 49.8 Å². The van der Waals surface area contributed by atoms with Crippen molar-refractivity contribution in [1.29, 1.82) is 0 Å². The Balaban J connectivity index is 2.25. The van der Waals surface area contributed by atoms with Gasteiger partial charge in [0.15, 0.2) is 11.4 Å². The Kier molecular flexibility index (Phi) is 1.25. The first kappa shape index (κ1) is 6.76. The molecule has 58 valence electrons. The van der Waals surface area contributed by atoms with Crippen LogP contribution in [0.1, 0.15) is 0 Å². The van der Waals surface area contributed by atoms with Crippen LogP contribution in [-0.4, -0.2) is 29.7 Å². The first-order valence-corrected chi connectivity index (χ1v) is 3.46. The molecular formula is C8H8O3. The first-order valence-electron chi connectivity index (χ1n) is 3.46. The van der Waals surface area contributed by atoms with Crippen molar-refractivity contribution >= 4 is 5.78 Å².